The Morgan fingerprint density at radius 2 is 1.84 bits per heavy atom. The van der Waals surface area contributed by atoms with Gasteiger partial charge in [-0.3, -0.25) is 9.48 Å². The molecule has 1 aromatic carbocycles. The van der Waals surface area contributed by atoms with Crippen LogP contribution in [-0.2, 0) is 7.05 Å². The van der Waals surface area contributed by atoms with Gasteiger partial charge in [-0.2, -0.15) is 14.9 Å². The number of hydrogen-bond donors (Lipinski definition) is 0. The molecule has 0 bridgehead atoms. The molecule has 0 spiro atoms. The van der Waals surface area contributed by atoms with E-state index in [4.69, 9.17) is 0 Å². The van der Waals surface area contributed by atoms with Crippen molar-refractivity contribution in [1.82, 2.24) is 19.6 Å². The molecule has 0 radical (unpaired) electrons. The molecule has 0 amide bonds. The van der Waals surface area contributed by atoms with Crippen LogP contribution in [0.3, 0.4) is 0 Å². The molecule has 9 heteroatoms. The van der Waals surface area contributed by atoms with Crippen LogP contribution in [0.1, 0.15) is 5.56 Å². The standard InChI is InChI=1S/C16H13F3N4O2/c1-10-7-14(11-3-5-13(6-4-11)25-16(17,18)19)21-23(15(10)24)12-8-20-22(2)9-12/h3-9H,1-2H3. The monoisotopic (exact) mass is 350 g/mol. The number of aryl methyl sites for hydroxylation is 2. The molecule has 25 heavy (non-hydrogen) atoms. The van der Waals surface area contributed by atoms with E-state index in [1.807, 2.05) is 0 Å². The van der Waals surface area contributed by atoms with E-state index in [-0.39, 0.29) is 11.3 Å². The summed E-state index contributed by atoms with van der Waals surface area (Å²) in [7, 11) is 1.71. The van der Waals surface area contributed by atoms with Gasteiger partial charge in [-0.25, -0.2) is 0 Å². The zero-order valence-electron chi connectivity index (χ0n) is 13.3. The van der Waals surface area contributed by atoms with E-state index in [0.29, 0.717) is 22.5 Å². The van der Waals surface area contributed by atoms with Gasteiger partial charge in [-0.05, 0) is 37.3 Å². The molecule has 0 saturated carbocycles. The third kappa shape index (κ3) is 3.70. The minimum atomic E-state index is -4.75. The van der Waals surface area contributed by atoms with Crippen molar-refractivity contribution in [3.05, 3.63) is 58.6 Å². The average Bonchev–Trinajstić information content (AvgIpc) is 2.95. The fourth-order valence-electron chi connectivity index (χ4n) is 2.28. The molecule has 130 valence electrons. The van der Waals surface area contributed by atoms with E-state index in [1.165, 1.54) is 39.8 Å². The van der Waals surface area contributed by atoms with Crippen LogP contribution >= 0.6 is 0 Å². The van der Waals surface area contributed by atoms with Crippen molar-refractivity contribution in [2.45, 2.75) is 13.3 Å². The Morgan fingerprint density at radius 1 is 1.16 bits per heavy atom. The fourth-order valence-corrected chi connectivity index (χ4v) is 2.28. The van der Waals surface area contributed by atoms with Crippen molar-refractivity contribution in [3.8, 4) is 22.7 Å². The van der Waals surface area contributed by atoms with E-state index in [9.17, 15) is 18.0 Å². The molecular weight excluding hydrogens is 337 g/mol. The number of rotatable bonds is 3. The van der Waals surface area contributed by atoms with Gasteiger partial charge in [0.2, 0.25) is 0 Å². The van der Waals surface area contributed by atoms with E-state index in [2.05, 4.69) is 14.9 Å². The van der Waals surface area contributed by atoms with Gasteiger partial charge in [0.05, 0.1) is 18.1 Å². The summed E-state index contributed by atoms with van der Waals surface area (Å²) in [6.07, 6.45) is -1.61. The zero-order valence-corrected chi connectivity index (χ0v) is 13.3. The summed E-state index contributed by atoms with van der Waals surface area (Å²) >= 11 is 0. The Bertz CT molecular complexity index is 959. The van der Waals surface area contributed by atoms with Gasteiger partial charge < -0.3 is 4.74 Å². The number of alkyl halides is 3. The van der Waals surface area contributed by atoms with E-state index in [1.54, 1.807) is 26.2 Å². The second-order valence-electron chi connectivity index (χ2n) is 5.37. The first-order chi connectivity index (χ1) is 11.7. The predicted molar refractivity (Wildman–Crippen MR) is 83.5 cm³/mol. The molecule has 3 rings (SSSR count). The lowest BCUT2D eigenvalue weighted by atomic mass is 10.1. The first-order valence-corrected chi connectivity index (χ1v) is 7.19. The molecule has 0 aliphatic heterocycles. The van der Waals surface area contributed by atoms with Crippen LogP contribution < -0.4 is 10.3 Å². The maximum Gasteiger partial charge on any atom is 0.573 e. The van der Waals surface area contributed by atoms with Crippen LogP contribution in [0.4, 0.5) is 13.2 Å². The van der Waals surface area contributed by atoms with Crippen molar-refractivity contribution in [2.75, 3.05) is 0 Å². The summed E-state index contributed by atoms with van der Waals surface area (Å²) in [6.45, 7) is 1.64. The van der Waals surface area contributed by atoms with Gasteiger partial charge in [0.15, 0.2) is 0 Å². The number of hydrogen-bond acceptors (Lipinski definition) is 4. The normalized spacial score (nSPS) is 11.6. The number of halogens is 3. The zero-order chi connectivity index (χ0) is 18.2. The molecule has 3 aromatic rings. The Labute approximate surface area is 140 Å². The first kappa shape index (κ1) is 16.7. The average molecular weight is 350 g/mol. The van der Waals surface area contributed by atoms with Crippen molar-refractivity contribution in [2.24, 2.45) is 7.05 Å². The van der Waals surface area contributed by atoms with Crippen LogP contribution in [0.15, 0.2) is 47.5 Å². The Hall–Kier alpha value is -3.10. The lowest BCUT2D eigenvalue weighted by Crippen LogP contribution is -2.23. The molecule has 2 heterocycles. The molecule has 0 aliphatic carbocycles. The molecule has 0 N–H and O–H groups in total. The predicted octanol–water partition coefficient (Wildman–Crippen LogP) is 2.84. The highest BCUT2D eigenvalue weighted by atomic mass is 19.4. The maximum absolute atomic E-state index is 12.3. The Morgan fingerprint density at radius 3 is 2.40 bits per heavy atom. The van der Waals surface area contributed by atoms with Crippen molar-refractivity contribution in [1.29, 1.82) is 0 Å². The van der Waals surface area contributed by atoms with Gasteiger partial charge in [0.25, 0.3) is 5.56 Å². The summed E-state index contributed by atoms with van der Waals surface area (Å²) in [5.74, 6) is -0.325. The molecule has 0 saturated heterocycles. The number of benzene rings is 1. The van der Waals surface area contributed by atoms with Crippen LogP contribution in [0, 0.1) is 6.92 Å². The second-order valence-corrected chi connectivity index (χ2v) is 5.37. The topological polar surface area (TPSA) is 61.9 Å². The first-order valence-electron chi connectivity index (χ1n) is 7.19. The lowest BCUT2D eigenvalue weighted by Gasteiger charge is -2.10. The molecule has 0 unspecified atom stereocenters. The fraction of sp³-hybridized carbons (Fsp3) is 0.188. The van der Waals surface area contributed by atoms with E-state index in [0.717, 1.165) is 0 Å². The van der Waals surface area contributed by atoms with Gasteiger partial charge in [0.1, 0.15) is 11.4 Å². The summed E-state index contributed by atoms with van der Waals surface area (Å²) in [5, 5.41) is 8.28. The highest BCUT2D eigenvalue weighted by Crippen LogP contribution is 2.25. The summed E-state index contributed by atoms with van der Waals surface area (Å²) < 4.78 is 43.3. The summed E-state index contributed by atoms with van der Waals surface area (Å²) in [4.78, 5) is 12.3. The summed E-state index contributed by atoms with van der Waals surface area (Å²) in [6, 6.07) is 6.86. The SMILES string of the molecule is Cc1cc(-c2ccc(OC(F)(F)F)cc2)nn(-c2cnn(C)c2)c1=O. The van der Waals surface area contributed by atoms with Gasteiger partial charge >= 0.3 is 6.36 Å². The molecule has 2 aromatic heterocycles. The highest BCUT2D eigenvalue weighted by molar-refractivity contribution is 5.60. The van der Waals surface area contributed by atoms with E-state index >= 15 is 0 Å². The largest absolute Gasteiger partial charge is 0.573 e. The smallest absolute Gasteiger partial charge is 0.406 e. The molecule has 0 aliphatic rings. The highest BCUT2D eigenvalue weighted by Gasteiger charge is 2.31. The minimum absolute atomic E-state index is 0.297. The van der Waals surface area contributed by atoms with Crippen molar-refractivity contribution in [3.63, 3.8) is 0 Å². The molecule has 6 nitrogen and oxygen atoms in total. The van der Waals surface area contributed by atoms with Crippen molar-refractivity contribution < 1.29 is 17.9 Å². The van der Waals surface area contributed by atoms with Crippen LogP contribution in [0.2, 0.25) is 0 Å². The van der Waals surface area contributed by atoms with Gasteiger partial charge in [-0.1, -0.05) is 0 Å². The number of ether oxygens (including phenoxy) is 1. The molecule has 0 atom stereocenters. The Kier molecular flexibility index (Phi) is 4.07. The summed E-state index contributed by atoms with van der Waals surface area (Å²) in [5.41, 5.74) is 1.64. The number of nitrogens with zero attached hydrogens (tertiary/aromatic N) is 4. The van der Waals surface area contributed by atoms with Crippen LogP contribution in [0.25, 0.3) is 16.9 Å². The third-order valence-electron chi connectivity index (χ3n) is 3.41. The Balaban J connectivity index is 2.00. The lowest BCUT2D eigenvalue weighted by molar-refractivity contribution is -0.274. The molecule has 0 fully saturated rings. The quantitative estimate of drug-likeness (QED) is 0.729. The molecular formula is C16H13F3N4O2. The third-order valence-corrected chi connectivity index (χ3v) is 3.41. The van der Waals surface area contributed by atoms with Crippen LogP contribution in [0.5, 0.6) is 5.75 Å². The minimum Gasteiger partial charge on any atom is -0.406 e. The van der Waals surface area contributed by atoms with Gasteiger partial charge in [-0.15, -0.1) is 13.2 Å². The number of aromatic nitrogens is 4. The van der Waals surface area contributed by atoms with Gasteiger partial charge in [0, 0.05) is 18.2 Å². The van der Waals surface area contributed by atoms with Crippen LogP contribution in [-0.4, -0.2) is 25.9 Å². The van der Waals surface area contributed by atoms with Crippen molar-refractivity contribution >= 4 is 0 Å². The maximum atomic E-state index is 12.3. The van der Waals surface area contributed by atoms with E-state index < -0.39 is 6.36 Å². The second kappa shape index (κ2) is 6.08.